The fourth-order valence-electron chi connectivity index (χ4n) is 2.89. The van der Waals surface area contributed by atoms with Crippen LogP contribution >= 0.6 is 0 Å². The van der Waals surface area contributed by atoms with Crippen LogP contribution in [-0.2, 0) is 0 Å². The van der Waals surface area contributed by atoms with E-state index in [0.717, 1.165) is 30.6 Å². The average Bonchev–Trinajstić information content (AvgIpc) is 2.49. The van der Waals surface area contributed by atoms with Gasteiger partial charge in [0.25, 0.3) is 0 Å². The zero-order valence-corrected chi connectivity index (χ0v) is 11.7. The molecule has 0 aliphatic heterocycles. The third-order valence-electron chi connectivity index (χ3n) is 3.93. The molecule has 2 N–H and O–H groups in total. The van der Waals surface area contributed by atoms with Gasteiger partial charge in [0.2, 0.25) is 0 Å². The molecule has 2 atom stereocenters. The Bertz CT molecular complexity index is 552. The maximum Gasteiger partial charge on any atom is 0.127 e. The standard InChI is InChI=1S/C18H21NO/c19-15-9-6-10-16(13-15)20-18-12-5-4-11-17(18)14-7-2-1-3-8-14/h1-5,7-8,11-12,15-16H,6,9-10,13,19H2. The third kappa shape index (κ3) is 3.02. The Kier molecular flexibility index (Phi) is 4.03. The Balaban J connectivity index is 1.83. The van der Waals surface area contributed by atoms with Gasteiger partial charge in [-0.1, -0.05) is 48.5 Å². The number of ether oxygens (including phenoxy) is 1. The van der Waals surface area contributed by atoms with Gasteiger partial charge in [-0.25, -0.2) is 0 Å². The van der Waals surface area contributed by atoms with Gasteiger partial charge < -0.3 is 10.5 Å². The molecular formula is C18H21NO. The molecule has 0 aromatic heterocycles. The molecule has 2 heteroatoms. The van der Waals surface area contributed by atoms with Crippen molar-refractivity contribution in [2.75, 3.05) is 0 Å². The quantitative estimate of drug-likeness (QED) is 0.912. The van der Waals surface area contributed by atoms with Crippen LogP contribution in [0.5, 0.6) is 5.75 Å². The highest BCUT2D eigenvalue weighted by molar-refractivity contribution is 5.70. The van der Waals surface area contributed by atoms with Crippen LogP contribution in [0.3, 0.4) is 0 Å². The maximum atomic E-state index is 6.23. The SMILES string of the molecule is NC1CCCC(Oc2ccccc2-c2ccccc2)C1. The molecule has 2 unspecified atom stereocenters. The zero-order chi connectivity index (χ0) is 13.8. The smallest absolute Gasteiger partial charge is 0.127 e. The van der Waals surface area contributed by atoms with Crippen LogP contribution < -0.4 is 10.5 Å². The van der Waals surface area contributed by atoms with E-state index < -0.39 is 0 Å². The first-order chi connectivity index (χ1) is 9.83. The number of nitrogens with two attached hydrogens (primary N) is 1. The van der Waals surface area contributed by atoms with Gasteiger partial charge in [-0.3, -0.25) is 0 Å². The van der Waals surface area contributed by atoms with Crippen molar-refractivity contribution in [3.8, 4) is 16.9 Å². The summed E-state index contributed by atoms with van der Waals surface area (Å²) < 4.78 is 6.23. The fraction of sp³-hybridized carbons (Fsp3) is 0.333. The summed E-state index contributed by atoms with van der Waals surface area (Å²) in [6, 6.07) is 18.9. The van der Waals surface area contributed by atoms with Gasteiger partial charge >= 0.3 is 0 Å². The molecule has 0 bridgehead atoms. The van der Waals surface area contributed by atoms with Crippen LogP contribution in [0.2, 0.25) is 0 Å². The van der Waals surface area contributed by atoms with E-state index >= 15 is 0 Å². The lowest BCUT2D eigenvalue weighted by Gasteiger charge is -2.28. The summed E-state index contributed by atoms with van der Waals surface area (Å²) in [6.07, 6.45) is 4.61. The zero-order valence-electron chi connectivity index (χ0n) is 11.7. The third-order valence-corrected chi connectivity index (χ3v) is 3.93. The summed E-state index contributed by atoms with van der Waals surface area (Å²) >= 11 is 0. The summed E-state index contributed by atoms with van der Waals surface area (Å²) in [7, 11) is 0. The van der Waals surface area contributed by atoms with E-state index in [9.17, 15) is 0 Å². The second kappa shape index (κ2) is 6.10. The molecule has 0 saturated heterocycles. The van der Waals surface area contributed by atoms with Crippen molar-refractivity contribution < 1.29 is 4.74 Å². The van der Waals surface area contributed by atoms with E-state index in [2.05, 4.69) is 42.5 Å². The molecule has 1 aliphatic carbocycles. The minimum absolute atomic E-state index is 0.253. The van der Waals surface area contributed by atoms with E-state index in [1.165, 1.54) is 12.0 Å². The molecule has 20 heavy (non-hydrogen) atoms. The monoisotopic (exact) mass is 267 g/mol. The molecule has 0 spiro atoms. The van der Waals surface area contributed by atoms with Crippen molar-refractivity contribution in [1.29, 1.82) is 0 Å². The van der Waals surface area contributed by atoms with Crippen molar-refractivity contribution in [3.63, 3.8) is 0 Å². The lowest BCUT2D eigenvalue weighted by Crippen LogP contribution is -2.33. The van der Waals surface area contributed by atoms with Gasteiger partial charge in [-0.2, -0.15) is 0 Å². The highest BCUT2D eigenvalue weighted by Crippen LogP contribution is 2.32. The Labute approximate surface area is 120 Å². The van der Waals surface area contributed by atoms with Gasteiger partial charge in [-0.05, 0) is 37.3 Å². The maximum absolute atomic E-state index is 6.23. The van der Waals surface area contributed by atoms with Crippen molar-refractivity contribution in [3.05, 3.63) is 54.6 Å². The largest absolute Gasteiger partial charge is 0.490 e. The van der Waals surface area contributed by atoms with E-state index in [-0.39, 0.29) is 12.1 Å². The molecule has 0 heterocycles. The number of para-hydroxylation sites is 1. The number of benzene rings is 2. The van der Waals surface area contributed by atoms with Gasteiger partial charge in [0.15, 0.2) is 0 Å². The van der Waals surface area contributed by atoms with Gasteiger partial charge in [-0.15, -0.1) is 0 Å². The summed E-state index contributed by atoms with van der Waals surface area (Å²) in [5.41, 5.74) is 8.40. The lowest BCUT2D eigenvalue weighted by atomic mass is 9.93. The molecule has 1 fully saturated rings. The predicted octanol–water partition coefficient (Wildman–Crippen LogP) is 4.00. The summed E-state index contributed by atoms with van der Waals surface area (Å²) in [4.78, 5) is 0. The van der Waals surface area contributed by atoms with Crippen molar-refractivity contribution in [2.45, 2.75) is 37.8 Å². The van der Waals surface area contributed by atoms with E-state index in [4.69, 9.17) is 10.5 Å². The van der Waals surface area contributed by atoms with Crippen molar-refractivity contribution in [1.82, 2.24) is 0 Å². The minimum Gasteiger partial charge on any atom is -0.490 e. The van der Waals surface area contributed by atoms with Crippen LogP contribution in [0.25, 0.3) is 11.1 Å². The normalized spacial score (nSPS) is 22.4. The molecule has 3 rings (SSSR count). The van der Waals surface area contributed by atoms with Crippen LogP contribution in [0.15, 0.2) is 54.6 Å². The second-order valence-electron chi connectivity index (χ2n) is 5.53. The molecule has 2 nitrogen and oxygen atoms in total. The number of rotatable bonds is 3. The molecular weight excluding hydrogens is 246 g/mol. The molecule has 1 saturated carbocycles. The summed E-state index contributed by atoms with van der Waals surface area (Å²) in [6.45, 7) is 0. The Morgan fingerprint density at radius 3 is 2.45 bits per heavy atom. The highest BCUT2D eigenvalue weighted by atomic mass is 16.5. The van der Waals surface area contributed by atoms with Gasteiger partial charge in [0.1, 0.15) is 11.9 Å². The second-order valence-corrected chi connectivity index (χ2v) is 5.53. The molecule has 104 valence electrons. The molecule has 2 aromatic carbocycles. The first-order valence-electron chi connectivity index (χ1n) is 7.39. The van der Waals surface area contributed by atoms with Gasteiger partial charge in [0, 0.05) is 11.6 Å². The van der Waals surface area contributed by atoms with E-state index in [1.54, 1.807) is 0 Å². The summed E-state index contributed by atoms with van der Waals surface area (Å²) in [5, 5.41) is 0. The average molecular weight is 267 g/mol. The Morgan fingerprint density at radius 1 is 0.900 bits per heavy atom. The van der Waals surface area contributed by atoms with Crippen LogP contribution in [-0.4, -0.2) is 12.1 Å². The van der Waals surface area contributed by atoms with Crippen LogP contribution in [0, 0.1) is 0 Å². The van der Waals surface area contributed by atoms with Crippen molar-refractivity contribution in [2.24, 2.45) is 5.73 Å². The predicted molar refractivity (Wildman–Crippen MR) is 82.7 cm³/mol. The van der Waals surface area contributed by atoms with Crippen LogP contribution in [0.1, 0.15) is 25.7 Å². The number of hydrogen-bond donors (Lipinski definition) is 1. The molecule has 2 aromatic rings. The molecule has 1 aliphatic rings. The van der Waals surface area contributed by atoms with Crippen molar-refractivity contribution >= 4 is 0 Å². The Morgan fingerprint density at radius 2 is 1.65 bits per heavy atom. The first kappa shape index (κ1) is 13.2. The highest BCUT2D eigenvalue weighted by Gasteiger charge is 2.21. The van der Waals surface area contributed by atoms with Crippen LogP contribution in [0.4, 0.5) is 0 Å². The number of hydrogen-bond acceptors (Lipinski definition) is 2. The topological polar surface area (TPSA) is 35.2 Å². The fourth-order valence-corrected chi connectivity index (χ4v) is 2.89. The minimum atomic E-state index is 0.253. The molecule has 0 amide bonds. The van der Waals surface area contributed by atoms with E-state index in [0.29, 0.717) is 0 Å². The molecule has 0 radical (unpaired) electrons. The summed E-state index contributed by atoms with van der Waals surface area (Å²) in [5.74, 6) is 0.970. The lowest BCUT2D eigenvalue weighted by molar-refractivity contribution is 0.145. The Hall–Kier alpha value is -1.80. The first-order valence-corrected chi connectivity index (χ1v) is 7.39. The van der Waals surface area contributed by atoms with E-state index in [1.807, 2.05) is 12.1 Å². The van der Waals surface area contributed by atoms with Gasteiger partial charge in [0.05, 0.1) is 0 Å².